The zero-order valence-electron chi connectivity index (χ0n) is 49.0. The molecule has 0 unspecified atom stereocenters. The number of hydrogen-bond donors (Lipinski definition) is 5. The maximum absolute atomic E-state index is 15.3. The Kier molecular flexibility index (Phi) is 18.2. The van der Waals surface area contributed by atoms with Crippen LogP contribution < -0.4 is 30.4 Å². The van der Waals surface area contributed by atoms with Gasteiger partial charge in [0.25, 0.3) is 11.7 Å². The van der Waals surface area contributed by atoms with E-state index in [2.05, 4.69) is 51.3 Å². The summed E-state index contributed by atoms with van der Waals surface area (Å²) in [4.78, 5) is 69.5. The normalized spacial score (nSPS) is 27.8. The van der Waals surface area contributed by atoms with E-state index in [-0.39, 0.29) is 67.7 Å². The average molecular weight is 1130 g/mol. The molecule has 9 rings (SSSR count). The quantitative estimate of drug-likeness (QED) is 0.0389. The monoisotopic (exact) mass is 1130 g/mol. The number of Topliss-reactive ketones (excluding diaryl/α,β-unsaturated/α-hetero) is 1. The number of phenols is 1. The number of carbonyl (C=O) groups is 3. The van der Waals surface area contributed by atoms with Crippen LogP contribution in [0, 0.1) is 36.5 Å². The van der Waals surface area contributed by atoms with E-state index >= 15 is 4.79 Å². The summed E-state index contributed by atoms with van der Waals surface area (Å²) in [5.41, 5.74) is 2.25. The smallest absolute Gasteiger partial charge is 0.312 e. The lowest BCUT2D eigenvalue weighted by Gasteiger charge is -2.38. The lowest BCUT2D eigenvalue weighted by molar-refractivity contribution is -0.160. The third-order valence-corrected chi connectivity index (χ3v) is 16.7. The van der Waals surface area contributed by atoms with Gasteiger partial charge in [0.15, 0.2) is 28.1 Å². The summed E-state index contributed by atoms with van der Waals surface area (Å²) in [6, 6.07) is 12.1. The zero-order valence-corrected chi connectivity index (χ0v) is 49.0. The van der Waals surface area contributed by atoms with Crippen molar-refractivity contribution in [3.8, 4) is 17.2 Å². The van der Waals surface area contributed by atoms with Crippen molar-refractivity contribution in [1.82, 2.24) is 20.1 Å². The van der Waals surface area contributed by atoms with Crippen molar-refractivity contribution < 1.29 is 57.8 Å². The molecule has 2 saturated heterocycles. The average Bonchev–Trinajstić information content (AvgIpc) is 3.33. The molecular formula is C63H80N6O13. The largest absolute Gasteiger partial charge is 0.505 e. The van der Waals surface area contributed by atoms with Gasteiger partial charge in [0.05, 0.1) is 35.5 Å². The lowest BCUT2D eigenvalue weighted by Crippen LogP contribution is -2.47. The first-order chi connectivity index (χ1) is 39.1. The number of allylic oxidation sites excluding steroid dienone is 2. The van der Waals surface area contributed by atoms with Gasteiger partial charge in [0, 0.05) is 144 Å². The van der Waals surface area contributed by atoms with Crippen molar-refractivity contribution in [2.45, 2.75) is 113 Å². The molecule has 4 aliphatic heterocycles. The van der Waals surface area contributed by atoms with Gasteiger partial charge in [-0.05, 0) is 37.0 Å². The highest BCUT2D eigenvalue weighted by Gasteiger charge is 2.50. The van der Waals surface area contributed by atoms with Crippen molar-refractivity contribution in [3.05, 3.63) is 105 Å². The van der Waals surface area contributed by atoms with Crippen LogP contribution in [0.2, 0.25) is 0 Å². The van der Waals surface area contributed by atoms with Crippen LogP contribution in [-0.2, 0) is 37.0 Å². The van der Waals surface area contributed by atoms with E-state index in [1.807, 2.05) is 24.3 Å². The Morgan fingerprint density at radius 3 is 2.30 bits per heavy atom. The molecule has 0 saturated carbocycles. The van der Waals surface area contributed by atoms with Gasteiger partial charge >= 0.3 is 11.8 Å². The number of rotatable bonds is 10. The summed E-state index contributed by atoms with van der Waals surface area (Å²) < 4.78 is 38.1. The van der Waals surface area contributed by atoms with Crippen molar-refractivity contribution >= 4 is 62.0 Å². The summed E-state index contributed by atoms with van der Waals surface area (Å²) in [5.74, 6) is -6.56. The number of aliphatic hydroxyl groups is 2. The minimum Gasteiger partial charge on any atom is -0.505 e. The third kappa shape index (κ3) is 12.3. The molecule has 0 aliphatic carbocycles. The van der Waals surface area contributed by atoms with Crippen molar-refractivity contribution in [2.24, 2.45) is 29.6 Å². The van der Waals surface area contributed by atoms with Crippen LogP contribution >= 0.6 is 0 Å². The molecule has 19 nitrogen and oxygen atoms in total. The number of aromatic hydroxyl groups is 1. The molecule has 9 atom stereocenters. The number of nitrogens with one attached hydrogen (secondary N) is 2. The number of esters is 1. The zero-order chi connectivity index (χ0) is 58.9. The number of aliphatic hydroxyl groups excluding tert-OH is 2. The Bertz CT molecular complexity index is 3380. The summed E-state index contributed by atoms with van der Waals surface area (Å²) in [7, 11) is 1.46. The van der Waals surface area contributed by atoms with Gasteiger partial charge in [-0.1, -0.05) is 84.0 Å². The fraction of sp³-hybridized carbons (Fsp3) is 0.508. The van der Waals surface area contributed by atoms with Crippen molar-refractivity contribution in [1.29, 1.82) is 0 Å². The van der Waals surface area contributed by atoms with Crippen LogP contribution in [0.4, 0.5) is 11.4 Å². The summed E-state index contributed by atoms with van der Waals surface area (Å²) >= 11 is 0. The number of fused-ring (bicyclic) bond motifs is 2. The Morgan fingerprint density at radius 1 is 0.890 bits per heavy atom. The minimum atomic E-state index is -2.10. The first-order valence-electron chi connectivity index (χ1n) is 28.6. The maximum atomic E-state index is 15.3. The summed E-state index contributed by atoms with van der Waals surface area (Å²) in [5, 5.41) is 41.7. The minimum absolute atomic E-state index is 0.0180. The number of carbonyl (C=O) groups excluding carboxylic acids is 3. The van der Waals surface area contributed by atoms with Gasteiger partial charge in [-0.3, -0.25) is 29.0 Å². The van der Waals surface area contributed by atoms with E-state index in [0.717, 1.165) is 69.2 Å². The second kappa shape index (κ2) is 24.9. The Hall–Kier alpha value is -6.87. The topological polar surface area (TPSA) is 235 Å². The van der Waals surface area contributed by atoms with E-state index in [1.54, 1.807) is 46.8 Å². The number of benzene rings is 4. The molecule has 19 heteroatoms. The van der Waals surface area contributed by atoms with Crippen LogP contribution in [0.5, 0.6) is 17.2 Å². The first kappa shape index (κ1) is 59.7. The highest BCUT2D eigenvalue weighted by molar-refractivity contribution is 6.26. The van der Waals surface area contributed by atoms with E-state index in [0.29, 0.717) is 24.8 Å². The van der Waals surface area contributed by atoms with E-state index < -0.39 is 82.7 Å². The molecule has 5 N–H and O–H groups in total. The predicted octanol–water partition coefficient (Wildman–Crippen LogP) is 7.76. The number of methoxy groups -OCH3 is 1. The fourth-order valence-corrected chi connectivity index (χ4v) is 12.0. The van der Waals surface area contributed by atoms with E-state index in [4.69, 9.17) is 33.1 Å². The Labute approximate surface area is 478 Å². The van der Waals surface area contributed by atoms with E-state index in [1.165, 1.54) is 46.3 Å². The molecule has 0 radical (unpaired) electrons. The number of piperazine rings is 2. The Morgan fingerprint density at radius 2 is 1.61 bits per heavy atom. The van der Waals surface area contributed by atoms with Gasteiger partial charge in [-0.25, -0.2) is 4.98 Å². The highest BCUT2D eigenvalue weighted by atomic mass is 16.7. The summed E-state index contributed by atoms with van der Waals surface area (Å²) in [6.07, 6.45) is 3.64. The predicted molar refractivity (Wildman–Crippen MR) is 314 cm³/mol. The maximum Gasteiger partial charge on any atom is 0.312 e. The molecule has 5 heterocycles. The molecule has 1 amide bonds. The molecule has 4 aromatic carbocycles. The molecule has 4 bridgehead atoms. The molecule has 5 aromatic rings. The second-order valence-corrected chi connectivity index (χ2v) is 23.3. The van der Waals surface area contributed by atoms with Crippen LogP contribution in [0.15, 0.2) is 81.7 Å². The number of hydrogen-bond acceptors (Lipinski definition) is 18. The number of nitrogens with zero attached hydrogens (tertiary/aromatic N) is 4. The molecular weight excluding hydrogens is 1050 g/mol. The number of ether oxygens (including phenoxy) is 5. The molecule has 82 heavy (non-hydrogen) atoms. The number of amides is 1. The van der Waals surface area contributed by atoms with Crippen LogP contribution in [0.3, 0.4) is 0 Å². The molecule has 2 fully saturated rings. The fourth-order valence-electron chi connectivity index (χ4n) is 12.0. The van der Waals surface area contributed by atoms with Gasteiger partial charge in [-0.15, -0.1) is 0 Å². The van der Waals surface area contributed by atoms with Crippen LogP contribution in [-0.4, -0.2) is 144 Å². The molecule has 440 valence electrons. The van der Waals surface area contributed by atoms with E-state index in [9.17, 15) is 29.7 Å². The molecule has 0 spiro atoms. The first-order valence-corrected chi connectivity index (χ1v) is 28.6. The van der Waals surface area contributed by atoms with Gasteiger partial charge in [-0.2, -0.15) is 0 Å². The van der Waals surface area contributed by atoms with Crippen molar-refractivity contribution in [2.75, 3.05) is 76.2 Å². The third-order valence-electron chi connectivity index (χ3n) is 16.7. The standard InChI is InChI=1S/C63H80N6O13/c1-34(2)31-68-23-25-69(26-24-68)44-29-46(78-33-43-17-13-16-42(28-43)32-67-21-19-64-20-22-67)51-47(30-44)81-60-52(65-51)48-49-56(73)40(8)59-50(48)61(75)63(10,82-59)79-27-18-45(77-11)37(5)58(80-41(9)70)39(7)55(72)38(6)54(71)35(3)14-12-15-36(4)62(76)66-53(60)57(49)74/h12-18,27-30,34-35,37-39,45,54-55,58,64,71-72,74H,19-26,31-33H2,1-11H3,(H,66,76)/b14-12+,27-18+,36-15-/t35-,37+,38+,39+,45-,54-,55+,58+,63-/m0/s1. The number of aromatic nitrogens is 1. The molecule has 1 aromatic heterocycles. The SMILES string of the molecule is CO[C@H]1/C=C/O[C@@]2(C)Oc3c(C)c(=O)c4c(O)c(c5oc6cc(N7CCN(CC(C)C)CC7)cc(OCc7cccc(CN8CCNCC8)c7)c6nc5c4c3C2=O)NC(=O)/C(C)=C\C=C\[C@H](C)[C@H](O)[C@@H](C)[C@@H](O)[C@@H](C)[C@H](OC(C)=O)[C@@H]1C. The Balaban J connectivity index is 1.23. The van der Waals surface area contributed by atoms with Gasteiger partial charge in [0.2, 0.25) is 0 Å². The summed E-state index contributed by atoms with van der Waals surface area (Å²) in [6.45, 7) is 25.9. The lowest BCUT2D eigenvalue weighted by atomic mass is 9.78. The molecule has 4 aliphatic rings. The van der Waals surface area contributed by atoms with Crippen LogP contribution in [0.1, 0.15) is 89.4 Å². The number of ketones is 1. The number of phenolic OH excluding ortho intramolecular Hbond substituents is 1. The highest BCUT2D eigenvalue weighted by Crippen LogP contribution is 2.49. The number of anilines is 2. The second-order valence-electron chi connectivity index (χ2n) is 23.3. The van der Waals surface area contributed by atoms with Crippen molar-refractivity contribution in [3.63, 3.8) is 0 Å². The van der Waals surface area contributed by atoms with Gasteiger partial charge in [0.1, 0.15) is 35.2 Å². The van der Waals surface area contributed by atoms with Gasteiger partial charge < -0.3 is 59.0 Å². The van der Waals surface area contributed by atoms with Crippen LogP contribution in [0.25, 0.3) is 33.0 Å².